The molecule has 0 aliphatic rings. The second kappa shape index (κ2) is 6.18. The van der Waals surface area contributed by atoms with Gasteiger partial charge in [-0.1, -0.05) is 42.5 Å². The van der Waals surface area contributed by atoms with Crippen LogP contribution in [0, 0.1) is 0 Å². The molecule has 0 aliphatic carbocycles. The standard InChI is InChI=1S/C16H15F3O2/c1-11(15(20)12-7-3-2-4-8-12)21-14-10-6-5-9-13(14)16(17,18)19/h2-11,15,20H,1H3. The molecule has 2 aromatic rings. The van der Waals surface area contributed by atoms with E-state index < -0.39 is 23.9 Å². The minimum atomic E-state index is -4.49. The monoisotopic (exact) mass is 296 g/mol. The zero-order valence-electron chi connectivity index (χ0n) is 11.3. The Labute approximate surface area is 120 Å². The van der Waals surface area contributed by atoms with Crippen molar-refractivity contribution in [1.29, 1.82) is 0 Å². The van der Waals surface area contributed by atoms with Gasteiger partial charge in [0.05, 0.1) is 5.56 Å². The van der Waals surface area contributed by atoms with Crippen LogP contribution < -0.4 is 4.74 Å². The summed E-state index contributed by atoms with van der Waals surface area (Å²) in [6.07, 6.45) is -6.31. The van der Waals surface area contributed by atoms with Gasteiger partial charge in [0.25, 0.3) is 0 Å². The number of ether oxygens (including phenoxy) is 1. The molecule has 2 atom stereocenters. The van der Waals surface area contributed by atoms with Gasteiger partial charge >= 0.3 is 6.18 Å². The Morgan fingerprint density at radius 2 is 1.52 bits per heavy atom. The van der Waals surface area contributed by atoms with Crippen LogP contribution in [0.1, 0.15) is 24.2 Å². The first kappa shape index (κ1) is 15.4. The van der Waals surface area contributed by atoms with Crippen molar-refractivity contribution >= 4 is 0 Å². The highest BCUT2D eigenvalue weighted by molar-refractivity contribution is 5.36. The van der Waals surface area contributed by atoms with E-state index in [1.807, 2.05) is 0 Å². The van der Waals surface area contributed by atoms with Crippen molar-refractivity contribution in [2.45, 2.75) is 25.3 Å². The molecule has 0 spiro atoms. The van der Waals surface area contributed by atoms with Gasteiger partial charge in [0.15, 0.2) is 0 Å². The first-order valence-electron chi connectivity index (χ1n) is 6.45. The summed E-state index contributed by atoms with van der Waals surface area (Å²) >= 11 is 0. The summed E-state index contributed by atoms with van der Waals surface area (Å²) in [5, 5.41) is 10.1. The maximum atomic E-state index is 12.9. The largest absolute Gasteiger partial charge is 0.487 e. The van der Waals surface area contributed by atoms with Gasteiger partial charge in [-0.3, -0.25) is 0 Å². The summed E-state index contributed by atoms with van der Waals surface area (Å²) in [4.78, 5) is 0. The summed E-state index contributed by atoms with van der Waals surface area (Å²) in [6, 6.07) is 13.6. The molecular weight excluding hydrogens is 281 g/mol. The topological polar surface area (TPSA) is 29.5 Å². The average molecular weight is 296 g/mol. The predicted molar refractivity (Wildman–Crippen MR) is 72.9 cm³/mol. The first-order chi connectivity index (χ1) is 9.89. The van der Waals surface area contributed by atoms with Crippen LogP contribution >= 0.6 is 0 Å². The second-order valence-electron chi connectivity index (χ2n) is 4.67. The lowest BCUT2D eigenvalue weighted by Gasteiger charge is -2.23. The zero-order chi connectivity index (χ0) is 15.5. The summed E-state index contributed by atoms with van der Waals surface area (Å²) in [7, 11) is 0. The van der Waals surface area contributed by atoms with Gasteiger partial charge in [-0.2, -0.15) is 13.2 Å². The van der Waals surface area contributed by atoms with Gasteiger partial charge in [-0.25, -0.2) is 0 Å². The summed E-state index contributed by atoms with van der Waals surface area (Å²) in [6.45, 7) is 1.53. The van der Waals surface area contributed by atoms with E-state index in [1.54, 1.807) is 30.3 Å². The molecule has 0 amide bonds. The lowest BCUT2D eigenvalue weighted by atomic mass is 10.1. The molecule has 2 rings (SSSR count). The number of rotatable bonds is 4. The smallest absolute Gasteiger partial charge is 0.419 e. The Kier molecular flexibility index (Phi) is 4.53. The van der Waals surface area contributed by atoms with E-state index in [1.165, 1.54) is 25.1 Å². The quantitative estimate of drug-likeness (QED) is 0.916. The fourth-order valence-corrected chi connectivity index (χ4v) is 1.99. The molecule has 0 saturated carbocycles. The van der Waals surface area contributed by atoms with Crippen LogP contribution in [0.5, 0.6) is 5.75 Å². The van der Waals surface area contributed by atoms with Crippen molar-refractivity contribution < 1.29 is 23.0 Å². The maximum absolute atomic E-state index is 12.9. The van der Waals surface area contributed by atoms with E-state index in [-0.39, 0.29) is 5.75 Å². The number of halogens is 3. The van der Waals surface area contributed by atoms with Crippen LogP contribution in [0.3, 0.4) is 0 Å². The average Bonchev–Trinajstić information content (AvgIpc) is 2.47. The van der Waals surface area contributed by atoms with Crippen molar-refractivity contribution in [1.82, 2.24) is 0 Å². The van der Waals surface area contributed by atoms with Gasteiger partial charge < -0.3 is 9.84 Å². The summed E-state index contributed by atoms with van der Waals surface area (Å²) < 4.78 is 44.0. The van der Waals surface area contributed by atoms with Crippen molar-refractivity contribution in [3.05, 3.63) is 65.7 Å². The number of para-hydroxylation sites is 1. The molecule has 21 heavy (non-hydrogen) atoms. The van der Waals surface area contributed by atoms with Crippen LogP contribution in [0.4, 0.5) is 13.2 Å². The summed E-state index contributed by atoms with van der Waals surface area (Å²) in [5.74, 6) is -0.285. The van der Waals surface area contributed by atoms with E-state index in [0.29, 0.717) is 5.56 Å². The molecule has 0 saturated heterocycles. The highest BCUT2D eigenvalue weighted by atomic mass is 19.4. The third-order valence-corrected chi connectivity index (χ3v) is 3.09. The third kappa shape index (κ3) is 3.76. The Morgan fingerprint density at radius 3 is 2.14 bits per heavy atom. The lowest BCUT2D eigenvalue weighted by Crippen LogP contribution is -2.23. The highest BCUT2D eigenvalue weighted by Gasteiger charge is 2.34. The molecule has 2 nitrogen and oxygen atoms in total. The van der Waals surface area contributed by atoms with E-state index in [0.717, 1.165) is 6.07 Å². The van der Waals surface area contributed by atoms with Crippen molar-refractivity contribution in [3.63, 3.8) is 0 Å². The molecule has 1 N–H and O–H groups in total. The zero-order valence-corrected chi connectivity index (χ0v) is 11.3. The maximum Gasteiger partial charge on any atom is 0.419 e. The SMILES string of the molecule is CC(Oc1ccccc1C(F)(F)F)C(O)c1ccccc1. The minimum Gasteiger partial charge on any atom is -0.487 e. The molecule has 0 heterocycles. The van der Waals surface area contributed by atoms with E-state index in [4.69, 9.17) is 4.74 Å². The van der Waals surface area contributed by atoms with Gasteiger partial charge in [0.1, 0.15) is 18.0 Å². The Hall–Kier alpha value is -2.01. The van der Waals surface area contributed by atoms with Crippen LogP contribution in [-0.4, -0.2) is 11.2 Å². The second-order valence-corrected chi connectivity index (χ2v) is 4.67. The van der Waals surface area contributed by atoms with Gasteiger partial charge in [0.2, 0.25) is 0 Å². The Bertz CT molecular complexity index is 582. The molecule has 0 aromatic heterocycles. The van der Waals surface area contributed by atoms with Crippen molar-refractivity contribution in [3.8, 4) is 5.75 Å². The normalized spacial score (nSPS) is 14.5. The molecule has 0 aliphatic heterocycles. The van der Waals surface area contributed by atoms with E-state index >= 15 is 0 Å². The Morgan fingerprint density at radius 1 is 0.952 bits per heavy atom. The summed E-state index contributed by atoms with van der Waals surface area (Å²) in [5.41, 5.74) is -0.258. The minimum absolute atomic E-state index is 0.285. The predicted octanol–water partition coefficient (Wildman–Crippen LogP) is 4.21. The van der Waals surface area contributed by atoms with Crippen LogP contribution in [-0.2, 0) is 6.18 Å². The first-order valence-corrected chi connectivity index (χ1v) is 6.45. The number of aliphatic hydroxyl groups is 1. The fourth-order valence-electron chi connectivity index (χ4n) is 1.99. The van der Waals surface area contributed by atoms with Crippen LogP contribution in [0.25, 0.3) is 0 Å². The van der Waals surface area contributed by atoms with Gasteiger partial charge in [-0.05, 0) is 24.6 Å². The number of hydrogen-bond donors (Lipinski definition) is 1. The molecule has 0 radical (unpaired) electrons. The molecule has 2 unspecified atom stereocenters. The third-order valence-electron chi connectivity index (χ3n) is 3.09. The van der Waals surface area contributed by atoms with Crippen molar-refractivity contribution in [2.75, 3.05) is 0 Å². The fraction of sp³-hybridized carbons (Fsp3) is 0.250. The molecular formula is C16H15F3O2. The molecule has 0 bridgehead atoms. The molecule has 5 heteroatoms. The number of aliphatic hydroxyl groups excluding tert-OH is 1. The number of alkyl halides is 3. The van der Waals surface area contributed by atoms with E-state index in [9.17, 15) is 18.3 Å². The molecule has 112 valence electrons. The molecule has 0 fully saturated rings. The van der Waals surface area contributed by atoms with Crippen LogP contribution in [0.15, 0.2) is 54.6 Å². The van der Waals surface area contributed by atoms with Crippen LogP contribution in [0.2, 0.25) is 0 Å². The number of benzene rings is 2. The Balaban J connectivity index is 2.19. The van der Waals surface area contributed by atoms with Crippen molar-refractivity contribution in [2.24, 2.45) is 0 Å². The van der Waals surface area contributed by atoms with Gasteiger partial charge in [-0.15, -0.1) is 0 Å². The van der Waals surface area contributed by atoms with E-state index in [2.05, 4.69) is 0 Å². The highest BCUT2D eigenvalue weighted by Crippen LogP contribution is 2.37. The van der Waals surface area contributed by atoms with Gasteiger partial charge in [0, 0.05) is 0 Å². The molecule has 2 aromatic carbocycles. The lowest BCUT2D eigenvalue weighted by molar-refractivity contribution is -0.139. The number of hydrogen-bond acceptors (Lipinski definition) is 2.